The quantitative estimate of drug-likeness (QED) is 0.840. The molecule has 0 spiro atoms. The zero-order valence-corrected chi connectivity index (χ0v) is 16.0. The van der Waals surface area contributed by atoms with Gasteiger partial charge in [0.25, 0.3) is 0 Å². The highest BCUT2D eigenvalue weighted by Crippen LogP contribution is 2.29. The number of piperazine rings is 1. The van der Waals surface area contributed by atoms with Crippen molar-refractivity contribution in [3.05, 3.63) is 34.4 Å². The first-order chi connectivity index (χ1) is 12.2. The van der Waals surface area contributed by atoms with Crippen LogP contribution < -0.4 is 0 Å². The second kappa shape index (κ2) is 6.91. The summed E-state index contributed by atoms with van der Waals surface area (Å²) in [4.78, 5) is 27.1. The van der Waals surface area contributed by atoms with E-state index in [0.717, 1.165) is 37.2 Å². The number of carbonyl (C=O) groups excluding carboxylic acids is 1. The van der Waals surface area contributed by atoms with Gasteiger partial charge in [0.05, 0.1) is 11.6 Å². The van der Waals surface area contributed by atoms with Crippen molar-refractivity contribution in [2.75, 3.05) is 26.2 Å². The highest BCUT2D eigenvalue weighted by atomic mass is 16.5. The van der Waals surface area contributed by atoms with E-state index in [1.807, 2.05) is 12.1 Å². The molecule has 0 aromatic heterocycles. The Labute approximate surface area is 154 Å². The molecule has 1 atom stereocenters. The molecular formula is C20H28N2O4. The number of benzene rings is 1. The molecule has 1 amide bonds. The van der Waals surface area contributed by atoms with E-state index in [0.29, 0.717) is 18.7 Å². The van der Waals surface area contributed by atoms with E-state index in [-0.39, 0.29) is 17.4 Å². The number of esters is 1. The van der Waals surface area contributed by atoms with Crippen LogP contribution in [0, 0.1) is 12.3 Å². The van der Waals surface area contributed by atoms with Gasteiger partial charge in [0.15, 0.2) is 0 Å². The molecule has 6 nitrogen and oxygen atoms in total. The van der Waals surface area contributed by atoms with Crippen molar-refractivity contribution in [2.24, 2.45) is 5.41 Å². The molecule has 1 aromatic rings. The van der Waals surface area contributed by atoms with Crippen LogP contribution in [0.3, 0.4) is 0 Å². The van der Waals surface area contributed by atoms with Crippen LogP contribution in [0.5, 0.6) is 0 Å². The van der Waals surface area contributed by atoms with Gasteiger partial charge in [0.1, 0.15) is 6.61 Å². The number of hydrogen-bond acceptors (Lipinski definition) is 4. The third-order valence-electron chi connectivity index (χ3n) is 5.69. The number of nitrogens with zero attached hydrogens (tertiary/aromatic N) is 2. The number of rotatable bonds is 3. The minimum Gasteiger partial charge on any atom is -0.465 e. The van der Waals surface area contributed by atoms with Crippen molar-refractivity contribution in [1.29, 1.82) is 0 Å². The average Bonchev–Trinajstić information content (AvgIpc) is 2.95. The minimum absolute atomic E-state index is 0.0131. The number of carboxylic acid groups (broad SMARTS) is 1. The number of amides is 1. The van der Waals surface area contributed by atoms with Gasteiger partial charge in [-0.3, -0.25) is 4.90 Å². The lowest BCUT2D eigenvalue weighted by Gasteiger charge is -2.46. The number of hydrogen-bond donors (Lipinski definition) is 1. The maximum atomic E-state index is 11.7. The summed E-state index contributed by atoms with van der Waals surface area (Å²) in [5, 5.41) is 9.48. The third-order valence-corrected chi connectivity index (χ3v) is 5.69. The molecular weight excluding hydrogens is 332 g/mol. The fourth-order valence-electron chi connectivity index (χ4n) is 3.96. The predicted octanol–water partition coefficient (Wildman–Crippen LogP) is 2.92. The summed E-state index contributed by atoms with van der Waals surface area (Å²) in [6, 6.07) is 3.88. The highest BCUT2D eigenvalue weighted by Gasteiger charge is 2.37. The molecule has 1 aromatic carbocycles. The van der Waals surface area contributed by atoms with Gasteiger partial charge < -0.3 is 14.7 Å². The molecule has 3 rings (SSSR count). The van der Waals surface area contributed by atoms with Crippen LogP contribution >= 0.6 is 0 Å². The first kappa shape index (κ1) is 18.7. The SMILES string of the molecule is Cc1c(CCN2CCN(C(=O)O)C(C(C)(C)C)C2)ccc2c1COC2=O. The van der Waals surface area contributed by atoms with Crippen LogP contribution in [0.2, 0.25) is 0 Å². The number of ether oxygens (including phenoxy) is 1. The van der Waals surface area contributed by atoms with Gasteiger partial charge in [-0.25, -0.2) is 9.59 Å². The molecule has 2 aliphatic heterocycles. The van der Waals surface area contributed by atoms with E-state index in [2.05, 4.69) is 32.6 Å². The number of carbonyl (C=O) groups is 2. The number of cyclic esters (lactones) is 1. The second-order valence-corrected chi connectivity index (χ2v) is 8.36. The Morgan fingerprint density at radius 1 is 1.31 bits per heavy atom. The van der Waals surface area contributed by atoms with E-state index in [9.17, 15) is 14.7 Å². The molecule has 2 heterocycles. The molecule has 0 radical (unpaired) electrons. The predicted molar refractivity (Wildman–Crippen MR) is 98.4 cm³/mol. The zero-order valence-electron chi connectivity index (χ0n) is 16.0. The van der Waals surface area contributed by atoms with Gasteiger partial charge in [-0.15, -0.1) is 0 Å². The Morgan fingerprint density at radius 3 is 2.69 bits per heavy atom. The Hall–Kier alpha value is -2.08. The van der Waals surface area contributed by atoms with Gasteiger partial charge >= 0.3 is 12.1 Å². The van der Waals surface area contributed by atoms with Crippen molar-refractivity contribution in [2.45, 2.75) is 46.8 Å². The van der Waals surface area contributed by atoms with Gasteiger partial charge in [-0.1, -0.05) is 26.8 Å². The standard InChI is InChI=1S/C20H28N2O4/c1-13-14(5-6-15-16(13)12-26-18(15)23)7-8-21-9-10-22(19(24)25)17(11-21)20(2,3)4/h5-6,17H,7-12H2,1-4H3,(H,24,25). The van der Waals surface area contributed by atoms with E-state index >= 15 is 0 Å². The fourth-order valence-corrected chi connectivity index (χ4v) is 3.96. The maximum absolute atomic E-state index is 11.7. The van der Waals surface area contributed by atoms with Crippen LogP contribution in [-0.4, -0.2) is 59.2 Å². The topological polar surface area (TPSA) is 70.1 Å². The second-order valence-electron chi connectivity index (χ2n) is 8.36. The fraction of sp³-hybridized carbons (Fsp3) is 0.600. The van der Waals surface area contributed by atoms with Crippen molar-refractivity contribution in [3.63, 3.8) is 0 Å². The molecule has 1 saturated heterocycles. The van der Waals surface area contributed by atoms with Gasteiger partial charge in [0.2, 0.25) is 0 Å². The first-order valence-corrected chi connectivity index (χ1v) is 9.19. The summed E-state index contributed by atoms with van der Waals surface area (Å²) in [5.41, 5.74) is 3.97. The molecule has 6 heteroatoms. The van der Waals surface area contributed by atoms with Crippen LogP contribution in [0.25, 0.3) is 0 Å². The third kappa shape index (κ3) is 3.56. The van der Waals surface area contributed by atoms with E-state index in [1.54, 1.807) is 4.90 Å². The Bertz CT molecular complexity index is 723. The first-order valence-electron chi connectivity index (χ1n) is 9.19. The highest BCUT2D eigenvalue weighted by molar-refractivity contribution is 5.93. The molecule has 0 saturated carbocycles. The largest absolute Gasteiger partial charge is 0.465 e. The Morgan fingerprint density at radius 2 is 2.04 bits per heavy atom. The van der Waals surface area contributed by atoms with Crippen molar-refractivity contribution in [3.8, 4) is 0 Å². The summed E-state index contributed by atoms with van der Waals surface area (Å²) < 4.78 is 5.13. The minimum atomic E-state index is -0.830. The summed E-state index contributed by atoms with van der Waals surface area (Å²) in [6.07, 6.45) is 0.0562. The summed E-state index contributed by atoms with van der Waals surface area (Å²) in [5.74, 6) is -0.229. The van der Waals surface area contributed by atoms with Crippen molar-refractivity contribution in [1.82, 2.24) is 9.80 Å². The van der Waals surface area contributed by atoms with Crippen LogP contribution in [0.15, 0.2) is 12.1 Å². The molecule has 0 bridgehead atoms. The van der Waals surface area contributed by atoms with Gasteiger partial charge in [-0.2, -0.15) is 0 Å². The number of fused-ring (bicyclic) bond motifs is 1. The summed E-state index contributed by atoms with van der Waals surface area (Å²) in [6.45, 7) is 11.6. The van der Waals surface area contributed by atoms with E-state index in [4.69, 9.17) is 4.74 Å². The molecule has 2 aliphatic rings. The molecule has 26 heavy (non-hydrogen) atoms. The van der Waals surface area contributed by atoms with Crippen molar-refractivity contribution < 1.29 is 19.4 Å². The monoisotopic (exact) mass is 360 g/mol. The van der Waals surface area contributed by atoms with Gasteiger partial charge in [0, 0.05) is 31.7 Å². The lowest BCUT2D eigenvalue weighted by molar-refractivity contribution is 0.0221. The maximum Gasteiger partial charge on any atom is 0.407 e. The molecule has 142 valence electrons. The molecule has 1 fully saturated rings. The van der Waals surface area contributed by atoms with Crippen LogP contribution in [-0.2, 0) is 17.8 Å². The zero-order chi connectivity index (χ0) is 19.1. The summed E-state index contributed by atoms with van der Waals surface area (Å²) >= 11 is 0. The smallest absolute Gasteiger partial charge is 0.407 e. The van der Waals surface area contributed by atoms with Crippen LogP contribution in [0.4, 0.5) is 4.79 Å². The molecule has 1 N–H and O–H groups in total. The summed E-state index contributed by atoms with van der Waals surface area (Å²) in [7, 11) is 0. The normalized spacial score (nSPS) is 20.8. The average molecular weight is 360 g/mol. The lowest BCUT2D eigenvalue weighted by atomic mass is 9.84. The van der Waals surface area contributed by atoms with Gasteiger partial charge in [-0.05, 0) is 36.0 Å². The van der Waals surface area contributed by atoms with Crippen molar-refractivity contribution >= 4 is 12.1 Å². The Balaban J connectivity index is 1.67. The van der Waals surface area contributed by atoms with E-state index in [1.165, 1.54) is 5.56 Å². The lowest BCUT2D eigenvalue weighted by Crippen LogP contribution is -2.59. The van der Waals surface area contributed by atoms with Crippen LogP contribution in [0.1, 0.15) is 47.8 Å². The molecule has 0 aliphatic carbocycles. The van der Waals surface area contributed by atoms with E-state index < -0.39 is 6.09 Å². The Kier molecular flexibility index (Phi) is 4.97. The molecule has 1 unspecified atom stereocenters.